The summed E-state index contributed by atoms with van der Waals surface area (Å²) in [5.74, 6) is -1.65. The topological polar surface area (TPSA) is 57.5 Å². The largest absolute Gasteiger partial charge is 0.479 e. The molecule has 0 amide bonds. The van der Waals surface area contributed by atoms with Gasteiger partial charge >= 0.3 is 5.97 Å². The van der Waals surface area contributed by atoms with E-state index in [9.17, 15) is 19.4 Å². The second-order valence-electron chi connectivity index (χ2n) is 5.89. The van der Waals surface area contributed by atoms with Gasteiger partial charge in [-0.15, -0.1) is 11.8 Å². The summed E-state index contributed by atoms with van der Waals surface area (Å²) >= 11 is 1.19. The van der Waals surface area contributed by atoms with E-state index in [4.69, 9.17) is 0 Å². The lowest BCUT2D eigenvalue weighted by Crippen LogP contribution is -2.43. The first kappa shape index (κ1) is 17.5. The van der Waals surface area contributed by atoms with Crippen molar-refractivity contribution >= 4 is 28.5 Å². The molecular weight excluding hydrogens is 339 g/mol. The second kappa shape index (κ2) is 7.25. The zero-order valence-corrected chi connectivity index (χ0v) is 14.2. The molecule has 25 heavy (non-hydrogen) atoms. The zero-order chi connectivity index (χ0) is 17.9. The number of hydrogen-bond acceptors (Lipinski definition) is 3. The van der Waals surface area contributed by atoms with Crippen LogP contribution in [0.3, 0.4) is 0 Å². The van der Waals surface area contributed by atoms with Gasteiger partial charge in [-0.2, -0.15) is 0 Å². The van der Waals surface area contributed by atoms with Gasteiger partial charge in [-0.3, -0.25) is 0 Å². The minimum absolute atomic E-state index is 0.00210. The molecule has 1 unspecified atom stereocenters. The Morgan fingerprint density at radius 2 is 1.68 bits per heavy atom. The summed E-state index contributed by atoms with van der Waals surface area (Å²) in [6, 6.07) is 19.1. The molecule has 0 fully saturated rings. The maximum atomic E-state index is 13.0. The van der Waals surface area contributed by atoms with Crippen molar-refractivity contribution in [2.75, 3.05) is 5.75 Å². The van der Waals surface area contributed by atoms with Crippen LogP contribution in [-0.2, 0) is 11.2 Å². The first-order chi connectivity index (χ1) is 12.0. The normalized spacial score (nSPS) is 13.5. The Kier molecular flexibility index (Phi) is 5.06. The van der Waals surface area contributed by atoms with Gasteiger partial charge in [-0.25, -0.2) is 9.18 Å². The number of carboxylic acids is 1. The third kappa shape index (κ3) is 4.00. The first-order valence-corrected chi connectivity index (χ1v) is 8.77. The lowest BCUT2D eigenvalue weighted by molar-refractivity contribution is -0.155. The predicted molar refractivity (Wildman–Crippen MR) is 97.4 cm³/mol. The number of aliphatic hydroxyl groups is 1. The molecule has 5 heteroatoms. The van der Waals surface area contributed by atoms with Gasteiger partial charge < -0.3 is 10.2 Å². The third-order valence-corrected chi connectivity index (χ3v) is 5.28. The molecule has 0 aliphatic rings. The van der Waals surface area contributed by atoms with Crippen LogP contribution in [0.5, 0.6) is 0 Å². The molecular formula is C20H17FO3S. The van der Waals surface area contributed by atoms with Crippen molar-refractivity contribution in [3.8, 4) is 0 Å². The van der Waals surface area contributed by atoms with Crippen molar-refractivity contribution in [1.29, 1.82) is 0 Å². The van der Waals surface area contributed by atoms with Crippen molar-refractivity contribution in [2.45, 2.75) is 16.9 Å². The summed E-state index contributed by atoms with van der Waals surface area (Å²) in [5, 5.41) is 22.2. The summed E-state index contributed by atoms with van der Waals surface area (Å²) in [6.07, 6.45) is -0.00210. The molecule has 0 saturated carbocycles. The molecule has 3 rings (SSSR count). The Labute approximate surface area is 149 Å². The molecule has 128 valence electrons. The molecule has 0 spiro atoms. The van der Waals surface area contributed by atoms with Gasteiger partial charge in [0.1, 0.15) is 5.82 Å². The number of aliphatic carboxylic acids is 1. The number of rotatable bonds is 6. The quantitative estimate of drug-likeness (QED) is 0.652. The molecule has 3 nitrogen and oxygen atoms in total. The van der Waals surface area contributed by atoms with E-state index in [2.05, 4.69) is 0 Å². The molecule has 0 aromatic heterocycles. The van der Waals surface area contributed by atoms with Crippen LogP contribution < -0.4 is 0 Å². The Bertz CT molecular complexity index is 890. The molecule has 0 heterocycles. The Morgan fingerprint density at radius 3 is 2.40 bits per heavy atom. The summed E-state index contributed by atoms with van der Waals surface area (Å²) < 4.78 is 13.0. The minimum Gasteiger partial charge on any atom is -0.479 e. The van der Waals surface area contributed by atoms with Crippen LogP contribution in [0.1, 0.15) is 5.56 Å². The van der Waals surface area contributed by atoms with Gasteiger partial charge in [0.2, 0.25) is 0 Å². The molecule has 0 saturated heterocycles. The number of benzene rings is 3. The fourth-order valence-corrected chi connectivity index (χ4v) is 3.64. The van der Waals surface area contributed by atoms with E-state index >= 15 is 0 Å². The van der Waals surface area contributed by atoms with Gasteiger partial charge in [-0.05, 0) is 40.6 Å². The number of carbonyl (C=O) groups is 1. The van der Waals surface area contributed by atoms with E-state index < -0.39 is 11.6 Å². The van der Waals surface area contributed by atoms with Crippen LogP contribution in [-0.4, -0.2) is 27.5 Å². The molecule has 0 aliphatic carbocycles. The summed E-state index contributed by atoms with van der Waals surface area (Å²) in [6.45, 7) is 0. The van der Waals surface area contributed by atoms with Crippen LogP contribution in [0.2, 0.25) is 0 Å². The van der Waals surface area contributed by atoms with Crippen LogP contribution in [0.15, 0.2) is 71.6 Å². The van der Waals surface area contributed by atoms with Crippen molar-refractivity contribution in [1.82, 2.24) is 0 Å². The van der Waals surface area contributed by atoms with E-state index in [0.717, 1.165) is 16.3 Å². The third-order valence-electron chi connectivity index (χ3n) is 4.05. The highest BCUT2D eigenvalue weighted by atomic mass is 32.2. The maximum Gasteiger partial charge on any atom is 0.336 e. The molecule has 0 radical (unpaired) electrons. The van der Waals surface area contributed by atoms with Gasteiger partial charge in [-0.1, -0.05) is 42.5 Å². The number of halogens is 1. The van der Waals surface area contributed by atoms with Gasteiger partial charge in [0, 0.05) is 17.1 Å². The van der Waals surface area contributed by atoms with Crippen LogP contribution in [0, 0.1) is 5.82 Å². The standard InChI is InChI=1S/C20H17FO3S/c21-16-8-10-17(11-9-16)25-13-20(24,19(22)23)12-15-6-3-5-14-4-1-2-7-18(14)15/h1-11,24H,12-13H2,(H,22,23). The molecule has 2 N–H and O–H groups in total. The summed E-state index contributed by atoms with van der Waals surface area (Å²) in [4.78, 5) is 12.4. The van der Waals surface area contributed by atoms with Crippen LogP contribution >= 0.6 is 11.8 Å². The predicted octanol–water partition coefficient (Wildman–Crippen LogP) is 4.13. The fourth-order valence-electron chi connectivity index (χ4n) is 2.68. The zero-order valence-electron chi connectivity index (χ0n) is 13.4. The highest BCUT2D eigenvalue weighted by molar-refractivity contribution is 7.99. The van der Waals surface area contributed by atoms with E-state index in [0.29, 0.717) is 4.90 Å². The highest BCUT2D eigenvalue weighted by Crippen LogP contribution is 2.28. The summed E-state index contributed by atoms with van der Waals surface area (Å²) in [5.41, 5.74) is -1.13. The monoisotopic (exact) mass is 356 g/mol. The second-order valence-corrected chi connectivity index (χ2v) is 6.94. The van der Waals surface area contributed by atoms with Crippen molar-refractivity contribution in [3.05, 3.63) is 78.1 Å². The average molecular weight is 356 g/mol. The van der Waals surface area contributed by atoms with Gasteiger partial charge in [0.15, 0.2) is 5.60 Å². The molecule has 0 bridgehead atoms. The fraction of sp³-hybridized carbons (Fsp3) is 0.150. The Balaban J connectivity index is 1.84. The van der Waals surface area contributed by atoms with E-state index in [1.54, 1.807) is 12.1 Å². The Morgan fingerprint density at radius 1 is 1.00 bits per heavy atom. The molecule has 1 atom stereocenters. The highest BCUT2D eigenvalue weighted by Gasteiger charge is 2.36. The maximum absolute atomic E-state index is 13.0. The smallest absolute Gasteiger partial charge is 0.336 e. The summed E-state index contributed by atoms with van der Waals surface area (Å²) in [7, 11) is 0. The van der Waals surface area contributed by atoms with Gasteiger partial charge in [0.25, 0.3) is 0 Å². The van der Waals surface area contributed by atoms with E-state index in [1.165, 1.54) is 23.9 Å². The lowest BCUT2D eigenvalue weighted by atomic mass is 9.93. The molecule has 3 aromatic rings. The van der Waals surface area contributed by atoms with Crippen molar-refractivity contribution in [2.24, 2.45) is 0 Å². The van der Waals surface area contributed by atoms with Crippen molar-refractivity contribution in [3.63, 3.8) is 0 Å². The van der Waals surface area contributed by atoms with Crippen LogP contribution in [0.4, 0.5) is 4.39 Å². The lowest BCUT2D eigenvalue weighted by Gasteiger charge is -2.24. The van der Waals surface area contributed by atoms with Crippen molar-refractivity contribution < 1.29 is 19.4 Å². The minimum atomic E-state index is -1.91. The van der Waals surface area contributed by atoms with Gasteiger partial charge in [0.05, 0.1) is 0 Å². The molecule has 0 aliphatic heterocycles. The number of hydrogen-bond donors (Lipinski definition) is 2. The van der Waals surface area contributed by atoms with Crippen LogP contribution in [0.25, 0.3) is 10.8 Å². The Hall–Kier alpha value is -2.37. The first-order valence-electron chi connectivity index (χ1n) is 7.79. The SMILES string of the molecule is O=C(O)C(O)(CSc1ccc(F)cc1)Cc1cccc2ccccc12. The number of thioether (sulfide) groups is 1. The van der Waals surface area contributed by atoms with E-state index in [1.807, 2.05) is 42.5 Å². The number of fused-ring (bicyclic) bond motifs is 1. The average Bonchev–Trinajstić information content (AvgIpc) is 2.61. The van der Waals surface area contributed by atoms with E-state index in [-0.39, 0.29) is 18.0 Å². The number of carboxylic acid groups (broad SMARTS) is 1. The molecule has 3 aromatic carbocycles.